The summed E-state index contributed by atoms with van der Waals surface area (Å²) in [6.07, 6.45) is 10.6. The van der Waals surface area contributed by atoms with Crippen molar-refractivity contribution in [2.45, 2.75) is 65.5 Å². The quantitative estimate of drug-likeness (QED) is 0.275. The van der Waals surface area contributed by atoms with Crippen molar-refractivity contribution < 1.29 is 4.79 Å². The van der Waals surface area contributed by atoms with Gasteiger partial charge in [-0.2, -0.15) is 0 Å². The molecule has 206 valence electrons. The van der Waals surface area contributed by atoms with Crippen LogP contribution in [0.2, 0.25) is 0 Å². The molecule has 0 saturated carbocycles. The molecule has 0 spiro atoms. The largest absolute Gasteiger partial charge is 0.357 e. The lowest BCUT2D eigenvalue weighted by Crippen LogP contribution is -2.30. The van der Waals surface area contributed by atoms with Crippen molar-refractivity contribution in [2.75, 3.05) is 0 Å². The van der Waals surface area contributed by atoms with Gasteiger partial charge in [-0.25, -0.2) is 0 Å². The first kappa shape index (κ1) is 25.9. The lowest BCUT2D eigenvalue weighted by atomic mass is 9.88. The van der Waals surface area contributed by atoms with E-state index >= 15 is 0 Å². The van der Waals surface area contributed by atoms with Crippen molar-refractivity contribution in [3.63, 3.8) is 0 Å². The Kier molecular flexibility index (Phi) is 6.49. The highest BCUT2D eigenvalue weighted by molar-refractivity contribution is 6.09. The van der Waals surface area contributed by atoms with Gasteiger partial charge in [-0.1, -0.05) is 6.92 Å². The molecule has 0 fully saturated rings. The predicted molar refractivity (Wildman–Crippen MR) is 159 cm³/mol. The van der Waals surface area contributed by atoms with E-state index in [1.54, 1.807) is 17.8 Å². The number of hydrogen-bond donors (Lipinski definition) is 3. The van der Waals surface area contributed by atoms with Gasteiger partial charge in [0.15, 0.2) is 0 Å². The van der Waals surface area contributed by atoms with E-state index in [0.29, 0.717) is 16.6 Å². The average molecular weight is 538 g/mol. The van der Waals surface area contributed by atoms with Crippen molar-refractivity contribution >= 4 is 27.7 Å². The molecule has 0 saturated heterocycles. The fraction of sp³-hybridized carbons (Fsp3) is 0.344. The Balaban J connectivity index is 1.46. The highest BCUT2D eigenvalue weighted by atomic mass is 16.2. The molecule has 0 aliphatic heterocycles. The normalized spacial score (nSPS) is 14.0. The molecule has 6 rings (SSSR count). The van der Waals surface area contributed by atoms with Gasteiger partial charge >= 0.3 is 0 Å². The Bertz CT molecular complexity index is 1900. The van der Waals surface area contributed by atoms with Gasteiger partial charge < -0.3 is 24.4 Å². The Labute approximate surface area is 232 Å². The first-order valence-corrected chi connectivity index (χ1v) is 14.1. The number of aromatic amines is 2. The minimum absolute atomic E-state index is 0.0996. The summed E-state index contributed by atoms with van der Waals surface area (Å²) < 4.78 is 3.77. The molecule has 1 amide bonds. The fourth-order valence-corrected chi connectivity index (χ4v) is 6.25. The molecule has 1 aromatic carbocycles. The number of aryl methyl sites for hydroxylation is 2. The third-order valence-corrected chi connectivity index (χ3v) is 8.64. The van der Waals surface area contributed by atoms with E-state index in [9.17, 15) is 14.4 Å². The van der Waals surface area contributed by atoms with Crippen molar-refractivity contribution in [3.05, 3.63) is 91.5 Å². The van der Waals surface area contributed by atoms with Crippen LogP contribution in [0.1, 0.15) is 71.9 Å². The molecule has 8 heteroatoms. The molecule has 8 nitrogen and oxygen atoms in total. The molecule has 1 aliphatic rings. The first-order valence-electron chi connectivity index (χ1n) is 14.1. The second kappa shape index (κ2) is 10.0. The zero-order valence-corrected chi connectivity index (χ0v) is 23.5. The van der Waals surface area contributed by atoms with Crippen LogP contribution in [0.3, 0.4) is 0 Å². The molecule has 40 heavy (non-hydrogen) atoms. The summed E-state index contributed by atoms with van der Waals surface area (Å²) >= 11 is 0. The molecule has 1 atom stereocenters. The summed E-state index contributed by atoms with van der Waals surface area (Å²) in [5, 5.41) is 4.74. The predicted octanol–water partition coefficient (Wildman–Crippen LogP) is 5.26. The summed E-state index contributed by atoms with van der Waals surface area (Å²) in [5.41, 5.74) is 7.44. The highest BCUT2D eigenvalue weighted by Crippen LogP contribution is 2.34. The second-order valence-corrected chi connectivity index (χ2v) is 11.1. The van der Waals surface area contributed by atoms with Gasteiger partial charge in [0.2, 0.25) is 0 Å². The molecule has 5 aromatic rings. The number of aromatic nitrogens is 4. The van der Waals surface area contributed by atoms with Crippen molar-refractivity contribution in [1.82, 2.24) is 24.4 Å². The van der Waals surface area contributed by atoms with Crippen LogP contribution in [-0.4, -0.2) is 25.0 Å². The number of benzene rings is 1. The molecule has 1 aliphatic carbocycles. The molecule has 0 bridgehead atoms. The van der Waals surface area contributed by atoms with Crippen LogP contribution in [-0.2, 0) is 26.4 Å². The molecular formula is C32H35N5O3. The van der Waals surface area contributed by atoms with E-state index in [0.717, 1.165) is 70.8 Å². The van der Waals surface area contributed by atoms with Gasteiger partial charge in [-0.15, -0.1) is 0 Å². The first-order chi connectivity index (χ1) is 19.3. The molecule has 4 aromatic heterocycles. The van der Waals surface area contributed by atoms with Crippen LogP contribution in [0.15, 0.2) is 52.4 Å². The average Bonchev–Trinajstić information content (AvgIpc) is 3.62. The summed E-state index contributed by atoms with van der Waals surface area (Å²) in [6.45, 7) is 6.44. The van der Waals surface area contributed by atoms with E-state index in [-0.39, 0.29) is 29.6 Å². The highest BCUT2D eigenvalue weighted by Gasteiger charge is 2.22. The second-order valence-electron chi connectivity index (χ2n) is 11.1. The van der Waals surface area contributed by atoms with Gasteiger partial charge in [-0.05, 0) is 86.9 Å². The SMILES string of the molecule is CCC(C)n1ccc2c(C(=O)NCc3c4c(c(C)[nH]c3=O)CCCC4)cc(-c3cn(C)c(=O)c4[nH]ccc34)cc21. The summed E-state index contributed by atoms with van der Waals surface area (Å²) in [4.78, 5) is 45.6. The van der Waals surface area contributed by atoms with Gasteiger partial charge in [0.05, 0.1) is 0 Å². The fourth-order valence-electron chi connectivity index (χ4n) is 6.25. The van der Waals surface area contributed by atoms with Crippen LogP contribution in [0.25, 0.3) is 32.9 Å². The Hall–Kier alpha value is -4.33. The number of nitrogens with one attached hydrogen (secondary N) is 3. The maximum atomic E-state index is 13.9. The third kappa shape index (κ3) is 4.18. The minimum atomic E-state index is -0.228. The zero-order valence-electron chi connectivity index (χ0n) is 23.5. The minimum Gasteiger partial charge on any atom is -0.357 e. The maximum absolute atomic E-state index is 13.9. The van der Waals surface area contributed by atoms with Gasteiger partial charge in [0.1, 0.15) is 5.52 Å². The number of H-pyrrole nitrogens is 2. The number of fused-ring (bicyclic) bond motifs is 3. The number of pyridine rings is 2. The number of rotatable bonds is 6. The molecule has 1 unspecified atom stereocenters. The van der Waals surface area contributed by atoms with Crippen molar-refractivity contribution in [3.8, 4) is 11.1 Å². The van der Waals surface area contributed by atoms with E-state index in [2.05, 4.69) is 39.8 Å². The monoisotopic (exact) mass is 537 g/mol. The van der Waals surface area contributed by atoms with E-state index < -0.39 is 0 Å². The van der Waals surface area contributed by atoms with Crippen LogP contribution in [0.5, 0.6) is 0 Å². The van der Waals surface area contributed by atoms with E-state index in [1.165, 1.54) is 5.56 Å². The topological polar surface area (TPSA) is 105 Å². The van der Waals surface area contributed by atoms with Crippen LogP contribution in [0, 0.1) is 6.92 Å². The smallest absolute Gasteiger partial charge is 0.274 e. The van der Waals surface area contributed by atoms with Gasteiger partial charge in [0, 0.05) is 76.9 Å². The molecular weight excluding hydrogens is 502 g/mol. The number of carbonyl (C=O) groups is 1. The van der Waals surface area contributed by atoms with Crippen LogP contribution >= 0.6 is 0 Å². The molecule has 3 N–H and O–H groups in total. The Morgan fingerprint density at radius 1 is 1.10 bits per heavy atom. The number of nitrogens with zero attached hydrogens (tertiary/aromatic N) is 2. The Morgan fingerprint density at radius 3 is 2.65 bits per heavy atom. The number of hydrogen-bond acceptors (Lipinski definition) is 3. The summed E-state index contributed by atoms with van der Waals surface area (Å²) in [5.74, 6) is -0.228. The third-order valence-electron chi connectivity index (χ3n) is 8.64. The lowest BCUT2D eigenvalue weighted by Gasteiger charge is -2.21. The Morgan fingerprint density at radius 2 is 1.88 bits per heavy atom. The van der Waals surface area contributed by atoms with E-state index in [4.69, 9.17) is 0 Å². The number of amides is 1. The molecule has 4 heterocycles. The van der Waals surface area contributed by atoms with Crippen LogP contribution in [0.4, 0.5) is 0 Å². The van der Waals surface area contributed by atoms with Crippen molar-refractivity contribution in [1.29, 1.82) is 0 Å². The van der Waals surface area contributed by atoms with Crippen molar-refractivity contribution in [2.24, 2.45) is 7.05 Å². The molecule has 0 radical (unpaired) electrons. The van der Waals surface area contributed by atoms with Crippen LogP contribution < -0.4 is 16.4 Å². The van der Waals surface area contributed by atoms with E-state index in [1.807, 2.05) is 37.5 Å². The zero-order chi connectivity index (χ0) is 28.1. The lowest BCUT2D eigenvalue weighted by molar-refractivity contribution is 0.0952. The van der Waals surface area contributed by atoms with Gasteiger partial charge in [-0.3, -0.25) is 14.4 Å². The standard InChI is InChI=1S/C32H35N5O3/c1-5-18(2)37-13-11-23-25(30(38)34-16-26-22-9-7-6-8-21(22)19(3)35-31(26)39)14-20(15-28(23)37)27-17-36(4)32(40)29-24(27)10-12-33-29/h10-15,17-18,33H,5-9,16H2,1-4H3,(H,34,38)(H,35,39). The summed E-state index contributed by atoms with van der Waals surface area (Å²) in [7, 11) is 1.74. The summed E-state index contributed by atoms with van der Waals surface area (Å²) in [6, 6.07) is 8.14. The van der Waals surface area contributed by atoms with Gasteiger partial charge in [0.25, 0.3) is 17.0 Å². The number of carbonyl (C=O) groups excluding carboxylic acids is 1. The maximum Gasteiger partial charge on any atom is 0.274 e.